The lowest BCUT2D eigenvalue weighted by Crippen LogP contribution is -2.35. The second-order valence-corrected chi connectivity index (χ2v) is 6.70. The molecule has 2 atom stereocenters. The maximum Gasteiger partial charge on any atom is 0.0596 e. The van der Waals surface area contributed by atoms with E-state index in [1.165, 1.54) is 36.3 Å². The topological polar surface area (TPSA) is 3.24 Å². The zero-order valence-electron chi connectivity index (χ0n) is 10.5. The third-order valence-corrected chi connectivity index (χ3v) is 5.69. The molecular formula is C14H20INS. The van der Waals surface area contributed by atoms with Gasteiger partial charge in [-0.15, -0.1) is 11.8 Å². The Kier molecular flexibility index (Phi) is 5.03. The van der Waals surface area contributed by atoms with Crippen molar-refractivity contribution in [2.24, 2.45) is 5.92 Å². The molecule has 1 nitrogen and oxygen atoms in total. The third-order valence-electron chi connectivity index (χ3n) is 3.67. The molecule has 0 aliphatic heterocycles. The summed E-state index contributed by atoms with van der Waals surface area (Å²) in [4.78, 5) is 1.39. The van der Waals surface area contributed by atoms with Gasteiger partial charge in [-0.25, -0.2) is 0 Å². The van der Waals surface area contributed by atoms with Gasteiger partial charge in [0.05, 0.1) is 28.6 Å². The van der Waals surface area contributed by atoms with E-state index in [0.29, 0.717) is 6.04 Å². The van der Waals surface area contributed by atoms with E-state index < -0.39 is 0 Å². The van der Waals surface area contributed by atoms with Gasteiger partial charge in [-0.1, -0.05) is 31.9 Å². The number of benzene rings is 1. The van der Waals surface area contributed by atoms with E-state index in [0.717, 1.165) is 5.92 Å². The Morgan fingerprint density at radius 3 is 2.65 bits per heavy atom. The molecule has 17 heavy (non-hydrogen) atoms. The van der Waals surface area contributed by atoms with Crippen LogP contribution in [0.15, 0.2) is 29.2 Å². The first-order valence-electron chi connectivity index (χ1n) is 6.32. The summed E-state index contributed by atoms with van der Waals surface area (Å²) in [5.74, 6) is 0.815. The number of thioether (sulfide) groups is 1. The van der Waals surface area contributed by atoms with E-state index in [2.05, 4.69) is 63.4 Å². The van der Waals surface area contributed by atoms with Gasteiger partial charge in [0.1, 0.15) is 0 Å². The van der Waals surface area contributed by atoms with E-state index in [9.17, 15) is 0 Å². The van der Waals surface area contributed by atoms with Crippen molar-refractivity contribution >= 4 is 40.3 Å². The Bertz CT molecular complexity index is 369. The molecule has 1 saturated carbocycles. The summed E-state index contributed by atoms with van der Waals surface area (Å²) in [6.07, 6.45) is 7.67. The fourth-order valence-corrected chi connectivity index (χ4v) is 4.62. The van der Waals surface area contributed by atoms with Crippen LogP contribution in [-0.2, 0) is 0 Å². The molecule has 0 heterocycles. The molecule has 0 radical (unpaired) electrons. The molecule has 1 aromatic rings. The van der Waals surface area contributed by atoms with Gasteiger partial charge < -0.3 is 3.11 Å². The van der Waals surface area contributed by atoms with Crippen LogP contribution in [-0.4, -0.2) is 12.3 Å². The Morgan fingerprint density at radius 2 is 1.94 bits per heavy atom. The summed E-state index contributed by atoms with van der Waals surface area (Å²) < 4.78 is 2.48. The van der Waals surface area contributed by atoms with Crippen LogP contribution in [0.25, 0.3) is 0 Å². The largest absolute Gasteiger partial charge is 0.310 e. The third kappa shape index (κ3) is 3.11. The molecule has 94 valence electrons. The molecule has 3 heteroatoms. The zero-order valence-corrected chi connectivity index (χ0v) is 13.5. The molecule has 0 bridgehead atoms. The lowest BCUT2D eigenvalue weighted by atomic mass is 9.86. The van der Waals surface area contributed by atoms with Crippen molar-refractivity contribution in [3.63, 3.8) is 0 Å². The first kappa shape index (κ1) is 13.5. The van der Waals surface area contributed by atoms with Crippen LogP contribution in [0.3, 0.4) is 0 Å². The van der Waals surface area contributed by atoms with Crippen molar-refractivity contribution in [1.29, 1.82) is 0 Å². The number of rotatable bonds is 3. The molecule has 0 aromatic heterocycles. The molecule has 0 spiro atoms. The Hall–Kier alpha value is 0.1000. The van der Waals surface area contributed by atoms with E-state index in [-0.39, 0.29) is 0 Å². The normalized spacial score (nSPS) is 24.6. The number of nitrogens with zero attached hydrogens (tertiary/aromatic N) is 1. The average molecular weight is 361 g/mol. The Morgan fingerprint density at radius 1 is 1.24 bits per heavy atom. The minimum absolute atomic E-state index is 0.706. The van der Waals surface area contributed by atoms with Gasteiger partial charge in [-0.05, 0) is 37.1 Å². The smallest absolute Gasteiger partial charge is 0.0596 e. The predicted molar refractivity (Wildman–Crippen MR) is 86.1 cm³/mol. The van der Waals surface area contributed by atoms with Crippen LogP contribution < -0.4 is 3.11 Å². The van der Waals surface area contributed by atoms with Crippen LogP contribution in [0.2, 0.25) is 0 Å². The lowest BCUT2D eigenvalue weighted by Gasteiger charge is -2.36. The molecule has 0 amide bonds. The Labute approximate surface area is 123 Å². The number of para-hydroxylation sites is 1. The first-order valence-corrected chi connectivity index (χ1v) is 8.51. The summed E-state index contributed by atoms with van der Waals surface area (Å²) in [6, 6.07) is 9.45. The fraction of sp³-hybridized carbons (Fsp3) is 0.571. The molecule has 2 rings (SSSR count). The van der Waals surface area contributed by atoms with Crippen molar-refractivity contribution in [3.8, 4) is 0 Å². The van der Waals surface area contributed by atoms with Crippen LogP contribution in [0.1, 0.15) is 32.6 Å². The molecule has 0 saturated heterocycles. The summed E-state index contributed by atoms with van der Waals surface area (Å²) in [7, 11) is 0. The first-order chi connectivity index (χ1) is 8.24. The predicted octanol–water partition coefficient (Wildman–Crippen LogP) is 5.14. The number of anilines is 1. The van der Waals surface area contributed by atoms with Gasteiger partial charge in [0, 0.05) is 10.9 Å². The number of hydrogen-bond donors (Lipinski definition) is 0. The molecule has 1 aromatic carbocycles. The minimum Gasteiger partial charge on any atom is -0.310 e. The van der Waals surface area contributed by atoms with E-state index in [4.69, 9.17) is 0 Å². The van der Waals surface area contributed by atoms with Crippen molar-refractivity contribution < 1.29 is 0 Å². The lowest BCUT2D eigenvalue weighted by molar-refractivity contribution is 0.339. The van der Waals surface area contributed by atoms with Crippen LogP contribution in [0, 0.1) is 5.92 Å². The maximum absolute atomic E-state index is 2.51. The van der Waals surface area contributed by atoms with Gasteiger partial charge in [-0.3, -0.25) is 0 Å². The van der Waals surface area contributed by atoms with Crippen LogP contribution in [0.4, 0.5) is 5.69 Å². The molecular weight excluding hydrogens is 341 g/mol. The summed E-state index contributed by atoms with van der Waals surface area (Å²) in [5.41, 5.74) is 1.39. The summed E-state index contributed by atoms with van der Waals surface area (Å²) in [6.45, 7) is 2.40. The summed E-state index contributed by atoms with van der Waals surface area (Å²) >= 11 is 4.35. The maximum atomic E-state index is 2.51. The van der Waals surface area contributed by atoms with E-state index in [1.54, 1.807) is 0 Å². The fourth-order valence-electron chi connectivity index (χ4n) is 2.62. The van der Waals surface area contributed by atoms with Crippen molar-refractivity contribution in [1.82, 2.24) is 0 Å². The molecule has 0 N–H and O–H groups in total. The zero-order chi connectivity index (χ0) is 12.3. The minimum atomic E-state index is 0.706. The quantitative estimate of drug-likeness (QED) is 0.416. The van der Waals surface area contributed by atoms with Crippen LogP contribution >= 0.6 is 34.6 Å². The average Bonchev–Trinajstić information content (AvgIpc) is 2.38. The van der Waals surface area contributed by atoms with Crippen molar-refractivity contribution in [2.75, 3.05) is 9.37 Å². The standard InChI is InChI=1S/C14H20INS/c1-11-7-3-4-8-12(11)16(15)13-9-5-6-10-14(13)17-2/h5-6,9-12H,3-4,7-8H2,1-2H3. The highest BCUT2D eigenvalue weighted by Gasteiger charge is 2.27. The van der Waals surface area contributed by atoms with Gasteiger partial charge in [0.2, 0.25) is 0 Å². The van der Waals surface area contributed by atoms with Gasteiger partial charge >= 0.3 is 0 Å². The van der Waals surface area contributed by atoms with Gasteiger partial charge in [0.25, 0.3) is 0 Å². The number of halogens is 1. The Balaban J connectivity index is 2.20. The second kappa shape index (κ2) is 6.32. The number of hydrogen-bond acceptors (Lipinski definition) is 2. The summed E-state index contributed by atoms with van der Waals surface area (Å²) in [5, 5.41) is 0. The molecule has 1 fully saturated rings. The van der Waals surface area contributed by atoms with Crippen molar-refractivity contribution in [2.45, 2.75) is 43.5 Å². The van der Waals surface area contributed by atoms with E-state index >= 15 is 0 Å². The highest BCUT2D eigenvalue weighted by molar-refractivity contribution is 14.1. The highest BCUT2D eigenvalue weighted by Crippen LogP contribution is 2.37. The van der Waals surface area contributed by atoms with Gasteiger partial charge in [-0.2, -0.15) is 0 Å². The molecule has 1 aliphatic rings. The highest BCUT2D eigenvalue weighted by atomic mass is 127. The monoisotopic (exact) mass is 361 g/mol. The van der Waals surface area contributed by atoms with E-state index in [1.807, 2.05) is 11.8 Å². The molecule has 2 unspecified atom stereocenters. The molecule has 1 aliphatic carbocycles. The van der Waals surface area contributed by atoms with Crippen molar-refractivity contribution in [3.05, 3.63) is 24.3 Å². The van der Waals surface area contributed by atoms with Gasteiger partial charge in [0.15, 0.2) is 0 Å². The second-order valence-electron chi connectivity index (χ2n) is 4.81. The SMILES string of the molecule is CSc1ccccc1N(I)C1CCCCC1C. The van der Waals surface area contributed by atoms with Crippen LogP contribution in [0.5, 0.6) is 0 Å².